The number of rotatable bonds is 5. The molecule has 110 valence electrons. The number of carboxylic acids is 1. The summed E-state index contributed by atoms with van der Waals surface area (Å²) < 4.78 is 10.9. The lowest BCUT2D eigenvalue weighted by atomic mass is 9.89. The van der Waals surface area contributed by atoms with Crippen molar-refractivity contribution >= 4 is 5.97 Å². The first kappa shape index (κ1) is 14.8. The van der Waals surface area contributed by atoms with Crippen LogP contribution in [0, 0.1) is 5.92 Å². The van der Waals surface area contributed by atoms with Gasteiger partial charge in [-0.1, -0.05) is 6.92 Å². The number of nitrogens with zero attached hydrogens (tertiary/aromatic N) is 1. The van der Waals surface area contributed by atoms with Crippen molar-refractivity contribution < 1.29 is 19.4 Å². The van der Waals surface area contributed by atoms with Crippen LogP contribution in [0.15, 0.2) is 0 Å². The van der Waals surface area contributed by atoms with Gasteiger partial charge in [0, 0.05) is 19.2 Å². The third kappa shape index (κ3) is 3.27. The lowest BCUT2D eigenvalue weighted by Crippen LogP contribution is -2.50. The van der Waals surface area contributed by atoms with E-state index in [9.17, 15) is 9.90 Å². The monoisotopic (exact) mass is 271 g/mol. The predicted molar refractivity (Wildman–Crippen MR) is 71.2 cm³/mol. The lowest BCUT2D eigenvalue weighted by molar-refractivity contribution is -0.143. The number of likely N-dealkylation sites (N-methyl/N-ethyl adjacent to an activating group) is 1. The van der Waals surface area contributed by atoms with E-state index in [2.05, 4.69) is 11.8 Å². The minimum Gasteiger partial charge on any atom is -0.481 e. The quantitative estimate of drug-likeness (QED) is 0.818. The van der Waals surface area contributed by atoms with Crippen LogP contribution in [0.1, 0.15) is 32.6 Å². The van der Waals surface area contributed by atoms with Gasteiger partial charge >= 0.3 is 5.97 Å². The molecule has 1 saturated carbocycles. The van der Waals surface area contributed by atoms with Gasteiger partial charge in [-0.3, -0.25) is 9.69 Å². The Labute approximate surface area is 114 Å². The molecule has 4 unspecified atom stereocenters. The Bertz CT molecular complexity index is 310. The second-order valence-corrected chi connectivity index (χ2v) is 5.56. The first-order valence-corrected chi connectivity index (χ1v) is 7.26. The minimum absolute atomic E-state index is 0.0168. The van der Waals surface area contributed by atoms with E-state index in [-0.39, 0.29) is 12.0 Å². The molecule has 5 nitrogen and oxygen atoms in total. The molecule has 2 fully saturated rings. The van der Waals surface area contributed by atoms with Crippen LogP contribution in [0.4, 0.5) is 0 Å². The largest absolute Gasteiger partial charge is 0.481 e. The molecular formula is C14H25NO4. The van der Waals surface area contributed by atoms with E-state index in [1.165, 1.54) is 0 Å². The topological polar surface area (TPSA) is 59.0 Å². The molecule has 0 aromatic heterocycles. The SMILES string of the molecule is CCN(C1CCCC(OC)C1)C1COCC1C(=O)O. The molecule has 0 spiro atoms. The van der Waals surface area contributed by atoms with Gasteiger partial charge in [0.1, 0.15) is 0 Å². The van der Waals surface area contributed by atoms with Crippen molar-refractivity contribution in [2.75, 3.05) is 26.9 Å². The molecule has 0 amide bonds. The number of aliphatic carboxylic acids is 1. The number of hydrogen-bond acceptors (Lipinski definition) is 4. The molecule has 1 N–H and O–H groups in total. The molecule has 19 heavy (non-hydrogen) atoms. The molecule has 0 aromatic carbocycles. The van der Waals surface area contributed by atoms with Gasteiger partial charge in [0.05, 0.1) is 25.2 Å². The summed E-state index contributed by atoms with van der Waals surface area (Å²) in [6, 6.07) is 0.445. The molecule has 0 bridgehead atoms. The highest BCUT2D eigenvalue weighted by atomic mass is 16.5. The van der Waals surface area contributed by atoms with E-state index in [1.54, 1.807) is 7.11 Å². The number of carbonyl (C=O) groups is 1. The van der Waals surface area contributed by atoms with Crippen LogP contribution in [0.2, 0.25) is 0 Å². The van der Waals surface area contributed by atoms with E-state index in [0.29, 0.717) is 25.4 Å². The highest BCUT2D eigenvalue weighted by molar-refractivity contribution is 5.71. The maximum absolute atomic E-state index is 11.3. The summed E-state index contributed by atoms with van der Waals surface area (Å²) in [6.07, 6.45) is 4.74. The fraction of sp³-hybridized carbons (Fsp3) is 0.929. The van der Waals surface area contributed by atoms with Crippen LogP contribution in [0.3, 0.4) is 0 Å². The zero-order valence-corrected chi connectivity index (χ0v) is 11.9. The lowest BCUT2D eigenvalue weighted by Gasteiger charge is -2.40. The second-order valence-electron chi connectivity index (χ2n) is 5.56. The molecule has 0 radical (unpaired) electrons. The van der Waals surface area contributed by atoms with Gasteiger partial charge in [-0.05, 0) is 32.2 Å². The van der Waals surface area contributed by atoms with Crippen LogP contribution >= 0.6 is 0 Å². The standard InChI is InChI=1S/C14H25NO4/c1-3-15(10-5-4-6-11(7-10)18-2)13-9-19-8-12(13)14(16)17/h10-13H,3-9H2,1-2H3,(H,16,17). The molecule has 4 atom stereocenters. The summed E-state index contributed by atoms with van der Waals surface area (Å²) in [6.45, 7) is 3.86. The Morgan fingerprint density at radius 1 is 1.42 bits per heavy atom. The molecule has 1 heterocycles. The summed E-state index contributed by atoms with van der Waals surface area (Å²) in [5.74, 6) is -1.12. The summed E-state index contributed by atoms with van der Waals surface area (Å²) in [5, 5.41) is 9.29. The van der Waals surface area contributed by atoms with Gasteiger partial charge in [-0.25, -0.2) is 0 Å². The van der Waals surface area contributed by atoms with E-state index in [0.717, 1.165) is 32.2 Å². The summed E-state index contributed by atoms with van der Waals surface area (Å²) in [7, 11) is 1.77. The van der Waals surface area contributed by atoms with Crippen molar-refractivity contribution in [2.24, 2.45) is 5.92 Å². The Morgan fingerprint density at radius 3 is 2.84 bits per heavy atom. The van der Waals surface area contributed by atoms with E-state index < -0.39 is 5.97 Å². The predicted octanol–water partition coefficient (Wildman–Crippen LogP) is 1.37. The summed E-state index contributed by atoms with van der Waals surface area (Å²) >= 11 is 0. The van der Waals surface area contributed by atoms with E-state index in [1.807, 2.05) is 0 Å². The van der Waals surface area contributed by atoms with E-state index >= 15 is 0 Å². The minimum atomic E-state index is -0.736. The molecule has 1 aliphatic carbocycles. The van der Waals surface area contributed by atoms with Gasteiger partial charge < -0.3 is 14.6 Å². The fourth-order valence-corrected chi connectivity index (χ4v) is 3.50. The molecule has 0 aromatic rings. The van der Waals surface area contributed by atoms with Crippen LogP contribution in [0.5, 0.6) is 0 Å². The Morgan fingerprint density at radius 2 is 2.21 bits per heavy atom. The average Bonchev–Trinajstić information content (AvgIpc) is 2.89. The van der Waals surface area contributed by atoms with Gasteiger partial charge in [0.15, 0.2) is 0 Å². The van der Waals surface area contributed by atoms with Crippen molar-refractivity contribution in [3.63, 3.8) is 0 Å². The van der Waals surface area contributed by atoms with Gasteiger partial charge in [0.2, 0.25) is 0 Å². The zero-order valence-electron chi connectivity index (χ0n) is 11.9. The molecular weight excluding hydrogens is 246 g/mol. The van der Waals surface area contributed by atoms with Gasteiger partial charge in [0.25, 0.3) is 0 Å². The highest BCUT2D eigenvalue weighted by Gasteiger charge is 2.40. The van der Waals surface area contributed by atoms with Crippen molar-refractivity contribution in [1.29, 1.82) is 0 Å². The van der Waals surface area contributed by atoms with Crippen molar-refractivity contribution in [1.82, 2.24) is 4.90 Å². The van der Waals surface area contributed by atoms with Crippen LogP contribution in [-0.2, 0) is 14.3 Å². The van der Waals surface area contributed by atoms with Crippen molar-refractivity contribution in [3.05, 3.63) is 0 Å². The first-order chi connectivity index (χ1) is 9.17. The Balaban J connectivity index is 2.04. The third-order valence-electron chi connectivity index (χ3n) is 4.56. The number of ether oxygens (including phenoxy) is 2. The number of methoxy groups -OCH3 is 1. The summed E-state index contributed by atoms with van der Waals surface area (Å²) in [4.78, 5) is 13.6. The molecule has 1 aliphatic heterocycles. The third-order valence-corrected chi connectivity index (χ3v) is 4.56. The molecule has 2 rings (SSSR count). The van der Waals surface area contributed by atoms with Crippen molar-refractivity contribution in [3.8, 4) is 0 Å². The average molecular weight is 271 g/mol. The van der Waals surface area contributed by atoms with Crippen LogP contribution < -0.4 is 0 Å². The molecule has 1 saturated heterocycles. The van der Waals surface area contributed by atoms with Gasteiger partial charge in [-0.2, -0.15) is 0 Å². The maximum Gasteiger partial charge on any atom is 0.310 e. The molecule has 2 aliphatic rings. The smallest absolute Gasteiger partial charge is 0.310 e. The Hall–Kier alpha value is -0.650. The first-order valence-electron chi connectivity index (χ1n) is 7.26. The summed E-state index contributed by atoms with van der Waals surface area (Å²) in [5.41, 5.74) is 0. The van der Waals surface area contributed by atoms with Crippen molar-refractivity contribution in [2.45, 2.75) is 50.8 Å². The van der Waals surface area contributed by atoms with Crippen LogP contribution in [0.25, 0.3) is 0 Å². The normalized spacial score (nSPS) is 35.7. The number of carboxylic acid groups (broad SMARTS) is 1. The zero-order chi connectivity index (χ0) is 13.8. The maximum atomic E-state index is 11.3. The molecule has 5 heteroatoms. The highest BCUT2D eigenvalue weighted by Crippen LogP contribution is 2.30. The fourth-order valence-electron chi connectivity index (χ4n) is 3.50. The number of hydrogen-bond donors (Lipinski definition) is 1. The van der Waals surface area contributed by atoms with Gasteiger partial charge in [-0.15, -0.1) is 0 Å². The Kier molecular flexibility index (Phi) is 5.19. The van der Waals surface area contributed by atoms with E-state index in [4.69, 9.17) is 9.47 Å². The second kappa shape index (κ2) is 6.68. The van der Waals surface area contributed by atoms with Crippen LogP contribution in [-0.4, -0.2) is 61.0 Å².